The second kappa shape index (κ2) is 13.1. The minimum atomic E-state index is -0.188. The number of carbonyl (C=O) groups excluding carboxylic acids is 1. The van der Waals surface area contributed by atoms with Gasteiger partial charge in [-0.3, -0.25) is 9.59 Å². The standard InChI is InChI=1S/C31H43N3O5/c1-33-12-10-24(19-30(33)35)28-9-11-32-20-29(28)31(36)34(25-5-6-25)21-23-16-22(4-3-13-37-2)17-27(18-23)39-15-14-38-26-7-8-26/h10,12,16-19,25-26,28-29,32H,3-9,11,13-15,20-21H2,1-2H3/t28?,29-/m0/s1. The summed E-state index contributed by atoms with van der Waals surface area (Å²) in [6.45, 7) is 3.88. The van der Waals surface area contributed by atoms with E-state index >= 15 is 0 Å². The Balaban J connectivity index is 1.32. The van der Waals surface area contributed by atoms with E-state index < -0.39 is 0 Å². The maximum absolute atomic E-state index is 14.1. The molecule has 212 valence electrons. The fourth-order valence-electron chi connectivity index (χ4n) is 5.57. The Morgan fingerprint density at radius 1 is 1.05 bits per heavy atom. The summed E-state index contributed by atoms with van der Waals surface area (Å²) in [5, 5.41) is 3.43. The van der Waals surface area contributed by atoms with Crippen LogP contribution in [0, 0.1) is 5.92 Å². The van der Waals surface area contributed by atoms with Crippen LogP contribution in [0.5, 0.6) is 5.75 Å². The van der Waals surface area contributed by atoms with Crippen molar-refractivity contribution in [2.24, 2.45) is 13.0 Å². The molecule has 2 heterocycles. The van der Waals surface area contributed by atoms with Gasteiger partial charge in [-0.2, -0.15) is 0 Å². The number of hydrogen-bond donors (Lipinski definition) is 1. The molecule has 2 atom stereocenters. The van der Waals surface area contributed by atoms with E-state index in [2.05, 4.69) is 28.4 Å². The number of piperidine rings is 1. The molecule has 2 aromatic rings. The maximum atomic E-state index is 14.1. The smallest absolute Gasteiger partial charge is 0.250 e. The van der Waals surface area contributed by atoms with E-state index in [9.17, 15) is 9.59 Å². The second-order valence-corrected chi connectivity index (χ2v) is 11.3. The van der Waals surface area contributed by atoms with Crippen LogP contribution in [0.2, 0.25) is 0 Å². The number of hydrogen-bond acceptors (Lipinski definition) is 6. The molecular formula is C31H43N3O5. The fraction of sp³-hybridized carbons (Fsp3) is 0.613. The van der Waals surface area contributed by atoms with Crippen molar-refractivity contribution >= 4 is 5.91 Å². The zero-order chi connectivity index (χ0) is 27.2. The number of benzene rings is 1. The van der Waals surface area contributed by atoms with Crippen LogP contribution in [0.15, 0.2) is 41.3 Å². The minimum Gasteiger partial charge on any atom is -0.491 e. The number of carbonyl (C=O) groups is 1. The van der Waals surface area contributed by atoms with Crippen molar-refractivity contribution in [1.82, 2.24) is 14.8 Å². The largest absolute Gasteiger partial charge is 0.491 e. The topological polar surface area (TPSA) is 82.0 Å². The maximum Gasteiger partial charge on any atom is 0.250 e. The van der Waals surface area contributed by atoms with Crippen LogP contribution in [0.4, 0.5) is 0 Å². The molecular weight excluding hydrogens is 494 g/mol. The first-order valence-corrected chi connectivity index (χ1v) is 14.6. The Kier molecular flexibility index (Phi) is 9.37. The molecule has 8 heteroatoms. The summed E-state index contributed by atoms with van der Waals surface area (Å²) >= 11 is 0. The molecule has 2 saturated carbocycles. The summed E-state index contributed by atoms with van der Waals surface area (Å²) in [4.78, 5) is 28.6. The average Bonchev–Trinajstić information content (AvgIpc) is 3.86. The lowest BCUT2D eigenvalue weighted by Gasteiger charge is -2.36. The third kappa shape index (κ3) is 7.71. The lowest BCUT2D eigenvalue weighted by atomic mass is 9.80. The van der Waals surface area contributed by atoms with Gasteiger partial charge >= 0.3 is 0 Å². The molecule has 3 fully saturated rings. The van der Waals surface area contributed by atoms with Gasteiger partial charge in [-0.1, -0.05) is 6.07 Å². The van der Waals surface area contributed by atoms with E-state index in [-0.39, 0.29) is 29.3 Å². The summed E-state index contributed by atoms with van der Waals surface area (Å²) in [5.41, 5.74) is 3.23. The van der Waals surface area contributed by atoms with Crippen LogP contribution in [-0.4, -0.2) is 67.5 Å². The van der Waals surface area contributed by atoms with Gasteiger partial charge in [-0.15, -0.1) is 0 Å². The highest BCUT2D eigenvalue weighted by molar-refractivity contribution is 5.81. The summed E-state index contributed by atoms with van der Waals surface area (Å²) in [6.07, 6.45) is 9.29. The molecule has 8 nitrogen and oxygen atoms in total. The van der Waals surface area contributed by atoms with E-state index in [0.29, 0.717) is 39.0 Å². The number of nitrogens with zero attached hydrogens (tertiary/aromatic N) is 2. The number of methoxy groups -OCH3 is 1. The van der Waals surface area contributed by atoms with Crippen molar-refractivity contribution in [1.29, 1.82) is 0 Å². The lowest BCUT2D eigenvalue weighted by molar-refractivity contribution is -0.138. The highest BCUT2D eigenvalue weighted by Crippen LogP contribution is 2.36. The van der Waals surface area contributed by atoms with Crippen LogP contribution in [0.25, 0.3) is 0 Å². The third-order valence-corrected chi connectivity index (χ3v) is 8.05. The van der Waals surface area contributed by atoms with Gasteiger partial charge in [-0.05, 0) is 92.3 Å². The summed E-state index contributed by atoms with van der Waals surface area (Å²) in [6, 6.07) is 10.4. The van der Waals surface area contributed by atoms with Gasteiger partial charge in [0.05, 0.1) is 18.6 Å². The zero-order valence-electron chi connectivity index (χ0n) is 23.4. The molecule has 3 aliphatic rings. The Hall–Kier alpha value is -2.68. The van der Waals surface area contributed by atoms with Crippen LogP contribution in [-0.2, 0) is 34.3 Å². The predicted molar refractivity (Wildman–Crippen MR) is 150 cm³/mol. The van der Waals surface area contributed by atoms with Crippen molar-refractivity contribution in [2.45, 2.75) is 69.6 Å². The first-order valence-electron chi connectivity index (χ1n) is 14.6. The van der Waals surface area contributed by atoms with E-state index in [1.807, 2.05) is 12.3 Å². The van der Waals surface area contributed by atoms with Crippen molar-refractivity contribution < 1.29 is 19.0 Å². The van der Waals surface area contributed by atoms with Crippen molar-refractivity contribution in [3.05, 3.63) is 63.6 Å². The van der Waals surface area contributed by atoms with E-state index in [1.165, 1.54) is 5.56 Å². The van der Waals surface area contributed by atoms with Crippen LogP contribution >= 0.6 is 0 Å². The van der Waals surface area contributed by atoms with Gasteiger partial charge in [0.25, 0.3) is 5.56 Å². The summed E-state index contributed by atoms with van der Waals surface area (Å²) in [5.74, 6) is 0.867. The Morgan fingerprint density at radius 2 is 1.87 bits per heavy atom. The minimum absolute atomic E-state index is 0.0309. The van der Waals surface area contributed by atoms with Crippen molar-refractivity contribution in [3.8, 4) is 5.75 Å². The molecule has 1 aromatic carbocycles. The van der Waals surface area contributed by atoms with Crippen LogP contribution in [0.3, 0.4) is 0 Å². The van der Waals surface area contributed by atoms with Crippen LogP contribution in [0.1, 0.15) is 61.1 Å². The zero-order valence-corrected chi connectivity index (χ0v) is 23.4. The number of ether oxygens (including phenoxy) is 3. The molecule has 1 unspecified atom stereocenters. The molecule has 1 aromatic heterocycles. The first-order chi connectivity index (χ1) is 19.0. The second-order valence-electron chi connectivity index (χ2n) is 11.3. The number of pyridine rings is 1. The first kappa shape index (κ1) is 27.9. The SMILES string of the molecule is COCCCc1cc(CN(C(=O)[C@H]2CNCCC2c2ccn(C)c(=O)c2)C2CC2)cc(OCCOC2CC2)c1. The highest BCUT2D eigenvalue weighted by Gasteiger charge is 2.40. The average molecular weight is 538 g/mol. The van der Waals surface area contributed by atoms with Gasteiger partial charge in [0.2, 0.25) is 5.91 Å². The molecule has 1 amide bonds. The predicted octanol–water partition coefficient (Wildman–Crippen LogP) is 3.41. The number of rotatable bonds is 14. The van der Waals surface area contributed by atoms with E-state index in [1.54, 1.807) is 24.8 Å². The molecule has 0 spiro atoms. The Bertz CT molecular complexity index is 1170. The van der Waals surface area contributed by atoms with Gasteiger partial charge in [-0.25, -0.2) is 0 Å². The Labute approximate surface area is 231 Å². The monoisotopic (exact) mass is 537 g/mol. The van der Waals surface area contributed by atoms with E-state index in [4.69, 9.17) is 14.2 Å². The van der Waals surface area contributed by atoms with E-state index in [0.717, 1.165) is 68.4 Å². The molecule has 1 saturated heterocycles. The summed E-state index contributed by atoms with van der Waals surface area (Å²) in [7, 11) is 3.48. The quantitative estimate of drug-likeness (QED) is 0.372. The van der Waals surface area contributed by atoms with Gasteiger partial charge in [0.15, 0.2) is 0 Å². The molecule has 39 heavy (non-hydrogen) atoms. The molecule has 0 radical (unpaired) electrons. The van der Waals surface area contributed by atoms with Crippen LogP contribution < -0.4 is 15.6 Å². The lowest BCUT2D eigenvalue weighted by Crippen LogP contribution is -2.47. The van der Waals surface area contributed by atoms with Gasteiger partial charge in [0.1, 0.15) is 12.4 Å². The number of amides is 1. The third-order valence-electron chi connectivity index (χ3n) is 8.05. The normalized spacial score (nSPS) is 21.1. The molecule has 0 bridgehead atoms. The number of nitrogens with one attached hydrogen (secondary N) is 1. The fourth-order valence-corrected chi connectivity index (χ4v) is 5.57. The highest BCUT2D eigenvalue weighted by atomic mass is 16.5. The van der Waals surface area contributed by atoms with Gasteiger partial charge in [0, 0.05) is 52.2 Å². The Morgan fingerprint density at radius 3 is 2.62 bits per heavy atom. The molecule has 1 N–H and O–H groups in total. The van der Waals surface area contributed by atoms with Gasteiger partial charge < -0.3 is 29.0 Å². The molecule has 2 aliphatic carbocycles. The summed E-state index contributed by atoms with van der Waals surface area (Å²) < 4.78 is 18.7. The molecule has 1 aliphatic heterocycles. The number of aryl methyl sites for hydroxylation is 2. The van der Waals surface area contributed by atoms with Crippen molar-refractivity contribution in [2.75, 3.05) is 40.0 Å². The molecule has 5 rings (SSSR count). The van der Waals surface area contributed by atoms with Crippen molar-refractivity contribution in [3.63, 3.8) is 0 Å². The number of aromatic nitrogens is 1.